The Balaban J connectivity index is 1.60. The van der Waals surface area contributed by atoms with E-state index in [9.17, 15) is 9.18 Å². The highest BCUT2D eigenvalue weighted by Crippen LogP contribution is 2.39. The van der Waals surface area contributed by atoms with E-state index in [2.05, 4.69) is 20.9 Å². The molecule has 0 radical (unpaired) electrons. The van der Waals surface area contributed by atoms with Crippen molar-refractivity contribution in [1.82, 2.24) is 4.90 Å². The second-order valence-corrected chi connectivity index (χ2v) is 9.71. The molecule has 0 N–H and O–H groups in total. The van der Waals surface area contributed by atoms with E-state index in [0.29, 0.717) is 38.8 Å². The van der Waals surface area contributed by atoms with Crippen LogP contribution in [-0.2, 0) is 11.4 Å². The Bertz CT molecular complexity index is 1310. The molecule has 1 aliphatic heterocycles. The largest absolute Gasteiger partial charge is 0.493 e. The van der Waals surface area contributed by atoms with Gasteiger partial charge in [-0.15, -0.1) is 0 Å². The molecular formula is C26H21BrClFN2O3S. The van der Waals surface area contributed by atoms with Crippen molar-refractivity contribution in [2.75, 3.05) is 13.7 Å². The van der Waals surface area contributed by atoms with Gasteiger partial charge in [-0.3, -0.25) is 9.69 Å². The summed E-state index contributed by atoms with van der Waals surface area (Å²) in [6.45, 7) is 2.63. The molecule has 1 heterocycles. The van der Waals surface area contributed by atoms with Crippen LogP contribution in [0.4, 0.5) is 10.1 Å². The minimum atomic E-state index is -0.338. The number of thioether (sulfide) groups is 1. The van der Waals surface area contributed by atoms with Crippen molar-refractivity contribution in [3.8, 4) is 11.5 Å². The monoisotopic (exact) mass is 574 g/mol. The zero-order valence-electron chi connectivity index (χ0n) is 18.9. The van der Waals surface area contributed by atoms with Crippen LogP contribution >= 0.6 is 39.3 Å². The third-order valence-corrected chi connectivity index (χ3v) is 7.23. The first kappa shape index (κ1) is 25.3. The second-order valence-electron chi connectivity index (χ2n) is 7.44. The van der Waals surface area contributed by atoms with E-state index in [1.54, 1.807) is 42.4 Å². The average Bonchev–Trinajstić information content (AvgIpc) is 3.14. The first-order valence-corrected chi connectivity index (χ1v) is 12.7. The molecular weight excluding hydrogens is 555 g/mol. The number of methoxy groups -OCH3 is 1. The number of hydrogen-bond donors (Lipinski definition) is 0. The molecule has 0 spiro atoms. The topological polar surface area (TPSA) is 51.1 Å². The van der Waals surface area contributed by atoms with Crippen LogP contribution in [0.2, 0.25) is 5.02 Å². The number of amidine groups is 1. The molecule has 1 amide bonds. The zero-order chi connectivity index (χ0) is 24.9. The van der Waals surface area contributed by atoms with Gasteiger partial charge in [0.05, 0.1) is 17.7 Å². The summed E-state index contributed by atoms with van der Waals surface area (Å²) in [4.78, 5) is 19.7. The number of halogens is 3. The molecule has 0 saturated carbocycles. The normalized spacial score (nSPS) is 15.8. The van der Waals surface area contributed by atoms with Crippen LogP contribution in [0.3, 0.4) is 0 Å². The van der Waals surface area contributed by atoms with Crippen LogP contribution in [0.1, 0.15) is 18.1 Å². The smallest absolute Gasteiger partial charge is 0.266 e. The first-order valence-electron chi connectivity index (χ1n) is 10.7. The Kier molecular flexibility index (Phi) is 8.15. The Labute approximate surface area is 220 Å². The van der Waals surface area contributed by atoms with E-state index < -0.39 is 0 Å². The molecule has 4 rings (SSSR count). The van der Waals surface area contributed by atoms with Crippen molar-refractivity contribution in [1.29, 1.82) is 0 Å². The van der Waals surface area contributed by atoms with Crippen molar-refractivity contribution in [2.45, 2.75) is 13.5 Å². The van der Waals surface area contributed by atoms with E-state index in [1.807, 2.05) is 31.2 Å². The first-order chi connectivity index (χ1) is 16.9. The van der Waals surface area contributed by atoms with Gasteiger partial charge in [-0.05, 0) is 72.8 Å². The van der Waals surface area contributed by atoms with E-state index in [-0.39, 0.29) is 18.3 Å². The Hall–Kier alpha value is -2.81. The minimum Gasteiger partial charge on any atom is -0.493 e. The second kappa shape index (κ2) is 11.3. The number of carbonyl (C=O) groups is 1. The summed E-state index contributed by atoms with van der Waals surface area (Å²) < 4.78 is 25.5. The maximum absolute atomic E-state index is 13.2. The van der Waals surface area contributed by atoms with Crippen molar-refractivity contribution in [3.63, 3.8) is 0 Å². The quantitative estimate of drug-likeness (QED) is 0.275. The third-order valence-electron chi connectivity index (χ3n) is 5.17. The van der Waals surface area contributed by atoms with Crippen LogP contribution in [-0.4, -0.2) is 29.6 Å². The number of aliphatic imine (C=N–C) groups is 1. The molecule has 35 heavy (non-hydrogen) atoms. The van der Waals surface area contributed by atoms with E-state index >= 15 is 0 Å². The van der Waals surface area contributed by atoms with Crippen molar-refractivity contribution in [3.05, 3.63) is 92.0 Å². The van der Waals surface area contributed by atoms with Crippen molar-refractivity contribution < 1.29 is 18.7 Å². The summed E-state index contributed by atoms with van der Waals surface area (Å²) in [5.41, 5.74) is 2.19. The number of benzene rings is 3. The Morgan fingerprint density at radius 1 is 1.14 bits per heavy atom. The lowest BCUT2D eigenvalue weighted by Gasteiger charge is -2.14. The standard InChI is InChI=1S/C26H21BrClFN2O3S/c1-3-31-25(32)24(35-26(31)30-19-10-8-18(29)9-11-19)13-17-12-22(33-2)23(14-20(17)27)34-15-16-6-4-5-7-21(16)28/h4-14H,3,15H2,1-2H3/b24-13+,30-26?. The highest BCUT2D eigenvalue weighted by molar-refractivity contribution is 9.10. The van der Waals surface area contributed by atoms with E-state index in [0.717, 1.165) is 15.6 Å². The molecule has 9 heteroatoms. The van der Waals surface area contributed by atoms with Gasteiger partial charge in [0.25, 0.3) is 5.91 Å². The SMILES string of the molecule is CCN1C(=O)/C(=C\c2cc(OC)c(OCc3ccccc3Cl)cc2Br)SC1=Nc1ccc(F)cc1. The predicted molar refractivity (Wildman–Crippen MR) is 143 cm³/mol. The number of hydrogen-bond acceptors (Lipinski definition) is 5. The Morgan fingerprint density at radius 2 is 1.89 bits per heavy atom. The molecule has 0 aliphatic carbocycles. The van der Waals surface area contributed by atoms with Gasteiger partial charge in [-0.25, -0.2) is 9.38 Å². The number of carbonyl (C=O) groups excluding carboxylic acids is 1. The molecule has 0 atom stereocenters. The summed E-state index contributed by atoms with van der Waals surface area (Å²) in [5.74, 6) is 0.578. The number of amides is 1. The molecule has 1 saturated heterocycles. The fourth-order valence-electron chi connectivity index (χ4n) is 3.34. The number of likely N-dealkylation sites (N-methyl/N-ethyl adjacent to an activating group) is 1. The van der Waals surface area contributed by atoms with Gasteiger partial charge in [0.2, 0.25) is 0 Å². The van der Waals surface area contributed by atoms with Gasteiger partial charge in [0.15, 0.2) is 16.7 Å². The summed E-state index contributed by atoms with van der Waals surface area (Å²) in [6, 6.07) is 16.9. The fraction of sp³-hybridized carbons (Fsp3) is 0.154. The number of ether oxygens (including phenoxy) is 2. The van der Waals surface area contributed by atoms with Gasteiger partial charge in [0.1, 0.15) is 12.4 Å². The van der Waals surface area contributed by atoms with E-state index in [1.165, 1.54) is 23.9 Å². The third kappa shape index (κ3) is 5.89. The van der Waals surface area contributed by atoms with Crippen LogP contribution in [0.5, 0.6) is 11.5 Å². The predicted octanol–water partition coefficient (Wildman–Crippen LogP) is 7.45. The van der Waals surface area contributed by atoms with Crippen molar-refractivity contribution in [2.24, 2.45) is 4.99 Å². The molecule has 180 valence electrons. The van der Waals surface area contributed by atoms with Crippen LogP contribution in [0, 0.1) is 5.82 Å². The average molecular weight is 576 g/mol. The molecule has 1 fully saturated rings. The Morgan fingerprint density at radius 3 is 2.57 bits per heavy atom. The highest BCUT2D eigenvalue weighted by atomic mass is 79.9. The lowest BCUT2D eigenvalue weighted by Crippen LogP contribution is -2.28. The van der Waals surface area contributed by atoms with Crippen LogP contribution in [0.15, 0.2) is 75.0 Å². The lowest BCUT2D eigenvalue weighted by molar-refractivity contribution is -0.122. The van der Waals surface area contributed by atoms with Crippen LogP contribution < -0.4 is 9.47 Å². The minimum absolute atomic E-state index is 0.150. The van der Waals surface area contributed by atoms with E-state index in [4.69, 9.17) is 21.1 Å². The van der Waals surface area contributed by atoms with Gasteiger partial charge in [0, 0.05) is 21.6 Å². The molecule has 0 bridgehead atoms. The summed E-state index contributed by atoms with van der Waals surface area (Å²) >= 11 is 11.1. The summed E-state index contributed by atoms with van der Waals surface area (Å²) in [5, 5.41) is 1.17. The zero-order valence-corrected chi connectivity index (χ0v) is 22.1. The molecule has 3 aromatic carbocycles. The van der Waals surface area contributed by atoms with Crippen molar-refractivity contribution >= 4 is 62.1 Å². The maximum Gasteiger partial charge on any atom is 0.266 e. The summed E-state index contributed by atoms with van der Waals surface area (Å²) in [7, 11) is 1.56. The maximum atomic E-state index is 13.2. The fourth-order valence-corrected chi connectivity index (χ4v) is 5.02. The van der Waals surface area contributed by atoms with Gasteiger partial charge in [-0.2, -0.15) is 0 Å². The highest BCUT2D eigenvalue weighted by Gasteiger charge is 2.32. The lowest BCUT2D eigenvalue weighted by atomic mass is 10.1. The summed E-state index contributed by atoms with van der Waals surface area (Å²) in [6.07, 6.45) is 1.79. The van der Waals surface area contributed by atoms with Crippen LogP contribution in [0.25, 0.3) is 6.08 Å². The number of nitrogens with zero attached hydrogens (tertiary/aromatic N) is 2. The molecule has 3 aromatic rings. The molecule has 1 aliphatic rings. The molecule has 0 aromatic heterocycles. The molecule has 0 unspecified atom stereocenters. The van der Waals surface area contributed by atoms with Gasteiger partial charge >= 0.3 is 0 Å². The van der Waals surface area contributed by atoms with Gasteiger partial charge < -0.3 is 9.47 Å². The van der Waals surface area contributed by atoms with Gasteiger partial charge in [-0.1, -0.05) is 45.7 Å². The molecule has 5 nitrogen and oxygen atoms in total. The number of rotatable bonds is 7.